The van der Waals surface area contributed by atoms with Crippen LogP contribution in [0.5, 0.6) is 0 Å². The Kier molecular flexibility index (Phi) is 4.89. The molecule has 0 unspecified atom stereocenters. The molecule has 11 heteroatoms. The van der Waals surface area contributed by atoms with Gasteiger partial charge in [-0.05, 0) is 24.3 Å². The van der Waals surface area contributed by atoms with E-state index < -0.39 is 26.4 Å². The highest BCUT2D eigenvalue weighted by atomic mass is 32.2. The molecule has 0 aliphatic rings. The summed E-state index contributed by atoms with van der Waals surface area (Å²) < 4.78 is 64.3. The van der Waals surface area contributed by atoms with Gasteiger partial charge in [-0.2, -0.15) is 16.8 Å². The second-order valence-electron chi connectivity index (χ2n) is 4.64. The van der Waals surface area contributed by atoms with Gasteiger partial charge in [-0.25, -0.2) is 0 Å². The zero-order valence-corrected chi connectivity index (χ0v) is 13.5. The summed E-state index contributed by atoms with van der Waals surface area (Å²) in [4.78, 5) is 12.4. The number of carbonyl (C=O) groups is 1. The number of benzene rings is 2. The fraction of sp³-hybridized carbons (Fsp3) is 0. The smallest absolute Gasteiger partial charge is 0.289 e. The minimum absolute atomic E-state index is 0.0180. The van der Waals surface area contributed by atoms with Gasteiger partial charge in [0.1, 0.15) is 0 Å². The van der Waals surface area contributed by atoms with E-state index in [1.54, 1.807) is 0 Å². The molecule has 2 aromatic rings. The van der Waals surface area contributed by atoms with Crippen molar-refractivity contribution in [1.82, 2.24) is 0 Å². The van der Waals surface area contributed by atoms with Crippen LogP contribution >= 0.6 is 0 Å². The fourth-order valence-corrected chi connectivity index (χ4v) is 2.76. The van der Waals surface area contributed by atoms with Crippen molar-refractivity contribution >= 4 is 37.8 Å². The maximum atomic E-state index is 12.4. The Bertz CT molecular complexity index is 905. The summed E-state index contributed by atoms with van der Waals surface area (Å²) in [7, 11) is -8.95. The first-order valence-corrected chi connectivity index (χ1v) is 9.17. The van der Waals surface area contributed by atoms with E-state index in [-0.39, 0.29) is 22.5 Å². The molecule has 2 rings (SSSR count). The molecule has 0 radical (unpaired) electrons. The number of carbonyl (C=O) groups excluding carboxylic acids is 1. The Morgan fingerprint density at radius 1 is 0.750 bits per heavy atom. The molecule has 0 saturated carbocycles. The topological polar surface area (TPSA) is 150 Å². The highest BCUT2D eigenvalue weighted by Gasteiger charge is 2.13. The molecule has 2 aromatic carbocycles. The van der Waals surface area contributed by atoms with Crippen LogP contribution in [0.3, 0.4) is 0 Å². The summed E-state index contributed by atoms with van der Waals surface area (Å²) in [5, 5.41) is 0. The van der Waals surface area contributed by atoms with E-state index in [4.69, 9.17) is 9.11 Å². The number of nitrogens with one attached hydrogen (secondary N) is 2. The Labute approximate surface area is 138 Å². The third-order valence-corrected chi connectivity index (χ3v) is 3.73. The monoisotopic (exact) mass is 372 g/mol. The van der Waals surface area contributed by atoms with Crippen LogP contribution in [0.2, 0.25) is 0 Å². The highest BCUT2D eigenvalue weighted by molar-refractivity contribution is 7.87. The number of hydrogen-bond acceptors (Lipinski definition) is 5. The zero-order valence-electron chi connectivity index (χ0n) is 11.9. The third-order valence-electron chi connectivity index (χ3n) is 2.74. The number of rotatable bonds is 6. The molecule has 4 N–H and O–H groups in total. The molecule has 0 amide bonds. The van der Waals surface area contributed by atoms with Crippen molar-refractivity contribution in [1.29, 1.82) is 0 Å². The minimum atomic E-state index is -4.48. The molecule has 9 nitrogen and oxygen atoms in total. The van der Waals surface area contributed by atoms with Gasteiger partial charge in [0.2, 0.25) is 0 Å². The summed E-state index contributed by atoms with van der Waals surface area (Å²) in [5.41, 5.74) is 0.173. The maximum absolute atomic E-state index is 12.4. The van der Waals surface area contributed by atoms with Gasteiger partial charge in [0.15, 0.2) is 5.78 Å². The molecule has 0 atom stereocenters. The largest absolute Gasteiger partial charge is 0.357 e. The first-order chi connectivity index (χ1) is 11.0. The predicted octanol–water partition coefficient (Wildman–Crippen LogP) is 1.35. The Hall–Kier alpha value is -2.47. The molecule has 0 spiro atoms. The van der Waals surface area contributed by atoms with Crippen LogP contribution in [0.4, 0.5) is 11.4 Å². The van der Waals surface area contributed by atoms with E-state index >= 15 is 0 Å². The first kappa shape index (κ1) is 17.9. The highest BCUT2D eigenvalue weighted by Crippen LogP contribution is 2.18. The summed E-state index contributed by atoms with van der Waals surface area (Å²) >= 11 is 0. The summed E-state index contributed by atoms with van der Waals surface area (Å²) in [6, 6.07) is 10.7. The molecule has 0 aromatic heterocycles. The average Bonchev–Trinajstić information content (AvgIpc) is 2.43. The molecule has 0 aliphatic carbocycles. The summed E-state index contributed by atoms with van der Waals surface area (Å²) in [6.45, 7) is 0. The molecule has 0 saturated heterocycles. The quantitative estimate of drug-likeness (QED) is 0.441. The van der Waals surface area contributed by atoms with Crippen molar-refractivity contribution in [2.24, 2.45) is 0 Å². The third kappa shape index (κ3) is 5.31. The molecular formula is C13H12N2O7S2. The van der Waals surface area contributed by atoms with Crippen LogP contribution in [0.1, 0.15) is 15.9 Å². The van der Waals surface area contributed by atoms with Gasteiger partial charge >= 0.3 is 20.6 Å². The van der Waals surface area contributed by atoms with Crippen molar-refractivity contribution in [3.63, 3.8) is 0 Å². The lowest BCUT2D eigenvalue weighted by Gasteiger charge is -2.07. The first-order valence-electron chi connectivity index (χ1n) is 6.29. The molecule has 24 heavy (non-hydrogen) atoms. The molecule has 0 heterocycles. The standard InChI is InChI=1S/C13H12N2O7S2/c16-13(9-3-1-5-11(7-9)14-23(17,18)19)10-4-2-6-12(8-10)15-24(20,21)22/h1-8,14-15H,(H,17,18,19)(H,20,21,22). The predicted molar refractivity (Wildman–Crippen MR) is 86.7 cm³/mol. The van der Waals surface area contributed by atoms with E-state index in [1.807, 2.05) is 9.44 Å². The normalized spacial score (nSPS) is 11.8. The summed E-state index contributed by atoms with van der Waals surface area (Å²) in [5.74, 6) is -0.520. The fourth-order valence-electron chi connectivity index (χ4n) is 1.91. The Morgan fingerprint density at radius 3 is 1.46 bits per heavy atom. The van der Waals surface area contributed by atoms with Crippen molar-refractivity contribution in [2.75, 3.05) is 9.44 Å². The minimum Gasteiger partial charge on any atom is -0.289 e. The molecule has 0 aliphatic heterocycles. The van der Waals surface area contributed by atoms with Crippen molar-refractivity contribution in [3.8, 4) is 0 Å². The average molecular weight is 372 g/mol. The van der Waals surface area contributed by atoms with E-state index in [0.717, 1.165) is 0 Å². The molecule has 128 valence electrons. The van der Waals surface area contributed by atoms with Gasteiger partial charge in [0, 0.05) is 11.1 Å². The van der Waals surface area contributed by atoms with Crippen molar-refractivity contribution in [2.45, 2.75) is 0 Å². The van der Waals surface area contributed by atoms with Crippen LogP contribution in [-0.4, -0.2) is 31.7 Å². The van der Waals surface area contributed by atoms with Crippen LogP contribution < -0.4 is 9.44 Å². The number of anilines is 2. The van der Waals surface area contributed by atoms with Crippen LogP contribution in [-0.2, 0) is 20.6 Å². The number of hydrogen-bond donors (Lipinski definition) is 4. The van der Waals surface area contributed by atoms with Crippen LogP contribution in [0.25, 0.3) is 0 Å². The summed E-state index contributed by atoms with van der Waals surface area (Å²) in [6.07, 6.45) is 0. The van der Waals surface area contributed by atoms with E-state index in [2.05, 4.69) is 0 Å². The molecule has 0 fully saturated rings. The van der Waals surface area contributed by atoms with Gasteiger partial charge in [-0.3, -0.25) is 23.3 Å². The van der Waals surface area contributed by atoms with Gasteiger partial charge in [-0.1, -0.05) is 24.3 Å². The van der Waals surface area contributed by atoms with Crippen LogP contribution in [0, 0.1) is 0 Å². The van der Waals surface area contributed by atoms with E-state index in [0.29, 0.717) is 0 Å². The Morgan fingerprint density at radius 2 is 1.12 bits per heavy atom. The van der Waals surface area contributed by atoms with Crippen molar-refractivity contribution < 1.29 is 30.7 Å². The SMILES string of the molecule is O=C(c1cccc(NS(=O)(=O)O)c1)c1cccc(NS(=O)(=O)O)c1. The van der Waals surface area contributed by atoms with Crippen molar-refractivity contribution in [3.05, 3.63) is 59.7 Å². The van der Waals surface area contributed by atoms with E-state index in [1.165, 1.54) is 48.5 Å². The second kappa shape index (κ2) is 6.57. The van der Waals surface area contributed by atoms with Gasteiger partial charge in [0.05, 0.1) is 11.4 Å². The molecule has 0 bridgehead atoms. The lowest BCUT2D eigenvalue weighted by Crippen LogP contribution is -2.12. The number of ketones is 1. The van der Waals surface area contributed by atoms with Gasteiger partial charge in [0.25, 0.3) is 0 Å². The van der Waals surface area contributed by atoms with Gasteiger partial charge < -0.3 is 0 Å². The van der Waals surface area contributed by atoms with E-state index in [9.17, 15) is 21.6 Å². The van der Waals surface area contributed by atoms with Gasteiger partial charge in [-0.15, -0.1) is 0 Å². The van der Waals surface area contributed by atoms with Crippen LogP contribution in [0.15, 0.2) is 48.5 Å². The lowest BCUT2D eigenvalue weighted by molar-refractivity contribution is 0.103. The molecular weight excluding hydrogens is 360 g/mol. The second-order valence-corrected chi connectivity index (χ2v) is 6.95. The lowest BCUT2D eigenvalue weighted by atomic mass is 10.0. The Balaban J connectivity index is 2.32. The maximum Gasteiger partial charge on any atom is 0.357 e. The zero-order chi connectivity index (χ0) is 18.0.